The average molecular weight is 313 g/mol. The van der Waals surface area contributed by atoms with E-state index in [-0.39, 0.29) is 16.0 Å². The molecule has 0 atom stereocenters. The predicted octanol–water partition coefficient (Wildman–Crippen LogP) is 4.74. The van der Waals surface area contributed by atoms with Crippen LogP contribution in [0.25, 0.3) is 0 Å². The van der Waals surface area contributed by atoms with E-state index in [4.69, 9.17) is 23.8 Å². The molecule has 0 saturated heterocycles. The van der Waals surface area contributed by atoms with E-state index in [1.54, 1.807) is 13.0 Å². The van der Waals surface area contributed by atoms with Crippen LogP contribution < -0.4 is 10.6 Å². The Labute approximate surface area is 125 Å². The van der Waals surface area contributed by atoms with Gasteiger partial charge in [0.05, 0.1) is 10.7 Å². The van der Waals surface area contributed by atoms with Crippen molar-refractivity contribution < 1.29 is 8.78 Å². The minimum absolute atomic E-state index is 0.227. The maximum Gasteiger partial charge on any atom is 0.175 e. The summed E-state index contributed by atoms with van der Waals surface area (Å²) >= 11 is 11.0. The van der Waals surface area contributed by atoms with Crippen LogP contribution in [0.5, 0.6) is 0 Å². The number of hydrogen-bond acceptors (Lipinski definition) is 1. The lowest BCUT2D eigenvalue weighted by Crippen LogP contribution is -2.19. The van der Waals surface area contributed by atoms with E-state index >= 15 is 0 Å². The number of aryl methyl sites for hydroxylation is 1. The molecular weight excluding hydrogens is 302 g/mol. The smallest absolute Gasteiger partial charge is 0.175 e. The second kappa shape index (κ2) is 6.15. The zero-order valence-corrected chi connectivity index (χ0v) is 12.1. The summed E-state index contributed by atoms with van der Waals surface area (Å²) in [6.07, 6.45) is 0. The summed E-state index contributed by atoms with van der Waals surface area (Å²) in [5.41, 5.74) is 1.90. The van der Waals surface area contributed by atoms with E-state index < -0.39 is 5.82 Å². The molecule has 0 radical (unpaired) electrons. The molecule has 0 aliphatic heterocycles. The van der Waals surface area contributed by atoms with Crippen LogP contribution in [-0.2, 0) is 0 Å². The molecule has 0 unspecified atom stereocenters. The average Bonchev–Trinajstić information content (AvgIpc) is 2.36. The van der Waals surface area contributed by atoms with Crippen LogP contribution in [0.4, 0.5) is 20.2 Å². The molecule has 0 bridgehead atoms. The Morgan fingerprint density at radius 2 is 1.55 bits per heavy atom. The molecule has 2 rings (SSSR count). The third-order valence-corrected chi connectivity index (χ3v) is 3.13. The second-order valence-electron chi connectivity index (χ2n) is 4.16. The standard InChI is InChI=1S/C14H11ClF2N2S/c1-8-6-9(16)2-4-12(8)18-14(20)19-13-5-3-10(17)7-11(13)15/h2-7H,1H3,(H2,18,19,20). The van der Waals surface area contributed by atoms with Crippen LogP contribution in [0.2, 0.25) is 5.02 Å². The van der Waals surface area contributed by atoms with E-state index in [0.717, 1.165) is 5.56 Å². The highest BCUT2D eigenvalue weighted by molar-refractivity contribution is 7.80. The molecule has 20 heavy (non-hydrogen) atoms. The van der Waals surface area contributed by atoms with Gasteiger partial charge in [-0.2, -0.15) is 0 Å². The highest BCUT2D eigenvalue weighted by Gasteiger charge is 2.06. The Bertz CT molecular complexity index is 606. The maximum absolute atomic E-state index is 13.0. The van der Waals surface area contributed by atoms with Crippen molar-refractivity contribution in [3.63, 3.8) is 0 Å². The molecule has 0 fully saturated rings. The van der Waals surface area contributed by atoms with Crippen molar-refractivity contribution in [2.45, 2.75) is 6.92 Å². The minimum atomic E-state index is -0.422. The lowest BCUT2D eigenvalue weighted by Gasteiger charge is -2.13. The van der Waals surface area contributed by atoms with E-state index in [1.165, 1.54) is 30.3 Å². The third kappa shape index (κ3) is 3.65. The molecule has 6 heteroatoms. The van der Waals surface area contributed by atoms with Crippen LogP contribution in [0.15, 0.2) is 36.4 Å². The third-order valence-electron chi connectivity index (χ3n) is 2.62. The summed E-state index contributed by atoms with van der Waals surface area (Å²) in [5, 5.41) is 6.30. The molecule has 2 nitrogen and oxygen atoms in total. The van der Waals surface area contributed by atoms with E-state index in [1.807, 2.05) is 0 Å². The molecule has 0 spiro atoms. The van der Waals surface area contributed by atoms with Crippen molar-refractivity contribution in [2.24, 2.45) is 0 Å². The molecule has 2 N–H and O–H groups in total. The van der Waals surface area contributed by atoms with Crippen molar-refractivity contribution in [2.75, 3.05) is 10.6 Å². The molecule has 0 aromatic heterocycles. The summed E-state index contributed by atoms with van der Waals surface area (Å²) in [4.78, 5) is 0. The van der Waals surface area contributed by atoms with Gasteiger partial charge in [-0.1, -0.05) is 11.6 Å². The zero-order chi connectivity index (χ0) is 14.7. The van der Waals surface area contributed by atoms with Crippen molar-refractivity contribution >= 4 is 40.3 Å². The summed E-state index contributed by atoms with van der Waals surface area (Å²) in [7, 11) is 0. The van der Waals surface area contributed by atoms with E-state index in [9.17, 15) is 8.78 Å². The van der Waals surface area contributed by atoms with Crippen molar-refractivity contribution in [1.29, 1.82) is 0 Å². The SMILES string of the molecule is Cc1cc(F)ccc1NC(=S)Nc1ccc(F)cc1Cl. The molecule has 0 aliphatic carbocycles. The lowest BCUT2D eigenvalue weighted by atomic mass is 10.2. The fourth-order valence-corrected chi connectivity index (χ4v) is 2.07. The topological polar surface area (TPSA) is 24.1 Å². The Balaban J connectivity index is 2.09. The first-order valence-electron chi connectivity index (χ1n) is 5.75. The first kappa shape index (κ1) is 14.7. The van der Waals surface area contributed by atoms with Gasteiger partial charge in [-0.3, -0.25) is 0 Å². The van der Waals surface area contributed by atoms with Gasteiger partial charge in [-0.25, -0.2) is 8.78 Å². The van der Waals surface area contributed by atoms with Crippen LogP contribution >= 0.6 is 23.8 Å². The van der Waals surface area contributed by atoms with E-state index in [2.05, 4.69) is 10.6 Å². The minimum Gasteiger partial charge on any atom is -0.332 e. The van der Waals surface area contributed by atoms with Gasteiger partial charge in [0.1, 0.15) is 11.6 Å². The van der Waals surface area contributed by atoms with Gasteiger partial charge in [0.25, 0.3) is 0 Å². The predicted molar refractivity (Wildman–Crippen MR) is 82.4 cm³/mol. The van der Waals surface area contributed by atoms with Gasteiger partial charge in [-0.15, -0.1) is 0 Å². The normalized spacial score (nSPS) is 10.2. The number of benzene rings is 2. The van der Waals surface area contributed by atoms with Crippen LogP contribution in [0, 0.1) is 18.6 Å². The fourth-order valence-electron chi connectivity index (χ4n) is 1.63. The van der Waals surface area contributed by atoms with Gasteiger partial charge in [0.2, 0.25) is 0 Å². The quantitative estimate of drug-likeness (QED) is 0.784. The first-order chi connectivity index (χ1) is 9.45. The molecule has 0 amide bonds. The number of nitrogens with one attached hydrogen (secondary N) is 2. The van der Waals surface area contributed by atoms with Gasteiger partial charge in [0.15, 0.2) is 5.11 Å². The van der Waals surface area contributed by atoms with Gasteiger partial charge in [0, 0.05) is 5.69 Å². The number of thiocarbonyl (C=S) groups is 1. The van der Waals surface area contributed by atoms with Gasteiger partial charge < -0.3 is 10.6 Å². The maximum atomic E-state index is 13.0. The van der Waals surface area contributed by atoms with Crippen LogP contribution in [0.3, 0.4) is 0 Å². The van der Waals surface area contributed by atoms with Crippen LogP contribution in [-0.4, -0.2) is 5.11 Å². The van der Waals surface area contributed by atoms with Crippen molar-refractivity contribution in [3.8, 4) is 0 Å². The first-order valence-corrected chi connectivity index (χ1v) is 6.53. The van der Waals surface area contributed by atoms with Crippen molar-refractivity contribution in [3.05, 3.63) is 58.6 Å². The Hall–Kier alpha value is -1.72. The highest BCUT2D eigenvalue weighted by atomic mass is 35.5. The molecule has 0 saturated carbocycles. The Morgan fingerprint density at radius 3 is 2.15 bits per heavy atom. The monoisotopic (exact) mass is 312 g/mol. The van der Waals surface area contributed by atoms with Crippen LogP contribution in [0.1, 0.15) is 5.56 Å². The zero-order valence-electron chi connectivity index (χ0n) is 10.5. The lowest BCUT2D eigenvalue weighted by molar-refractivity contribution is 0.627. The summed E-state index contributed by atoms with van der Waals surface area (Å²) < 4.78 is 25.9. The number of anilines is 2. The number of hydrogen-bond donors (Lipinski definition) is 2. The number of rotatable bonds is 2. The van der Waals surface area contributed by atoms with E-state index in [0.29, 0.717) is 11.4 Å². The molecule has 0 heterocycles. The molecule has 0 aliphatic rings. The highest BCUT2D eigenvalue weighted by Crippen LogP contribution is 2.23. The number of halogens is 3. The summed E-state index contributed by atoms with van der Waals surface area (Å²) in [6.45, 7) is 1.76. The summed E-state index contributed by atoms with van der Waals surface area (Å²) in [5.74, 6) is -0.734. The van der Waals surface area contributed by atoms with Crippen molar-refractivity contribution in [1.82, 2.24) is 0 Å². The Kier molecular flexibility index (Phi) is 4.52. The molecule has 2 aromatic carbocycles. The summed E-state index contributed by atoms with van der Waals surface area (Å²) in [6, 6.07) is 8.28. The Morgan fingerprint density at radius 1 is 1.00 bits per heavy atom. The molecule has 2 aromatic rings. The fraction of sp³-hybridized carbons (Fsp3) is 0.0714. The largest absolute Gasteiger partial charge is 0.332 e. The van der Waals surface area contributed by atoms with Gasteiger partial charge in [-0.05, 0) is 61.1 Å². The molecule has 104 valence electrons. The molecular formula is C14H11ClF2N2S. The van der Waals surface area contributed by atoms with Gasteiger partial charge >= 0.3 is 0 Å². The second-order valence-corrected chi connectivity index (χ2v) is 4.98.